The van der Waals surface area contributed by atoms with E-state index in [1.165, 1.54) is 0 Å². The summed E-state index contributed by atoms with van der Waals surface area (Å²) in [5.74, 6) is 6.57. The second kappa shape index (κ2) is 7.27. The molecule has 0 aromatic heterocycles. The van der Waals surface area contributed by atoms with Crippen LogP contribution in [-0.2, 0) is 0 Å². The number of nitrogens with two attached hydrogens (primary N) is 1. The van der Waals surface area contributed by atoms with Crippen LogP contribution in [0.15, 0.2) is 46.9 Å². The predicted molar refractivity (Wildman–Crippen MR) is 90.5 cm³/mol. The predicted octanol–water partition coefficient (Wildman–Crippen LogP) is 4.44. The van der Waals surface area contributed by atoms with Crippen LogP contribution in [-0.4, -0.2) is 6.10 Å². The molecule has 1 atom stereocenters. The second-order valence-electron chi connectivity index (χ2n) is 4.95. The van der Waals surface area contributed by atoms with Crippen molar-refractivity contribution in [3.63, 3.8) is 0 Å². The van der Waals surface area contributed by atoms with Crippen LogP contribution in [0.3, 0.4) is 0 Å². The van der Waals surface area contributed by atoms with Gasteiger partial charge < -0.3 is 4.74 Å². The largest absolute Gasteiger partial charge is 0.491 e. The number of hydrogen-bond donors (Lipinski definition) is 2. The van der Waals surface area contributed by atoms with Gasteiger partial charge in [0.25, 0.3) is 0 Å². The SMILES string of the molecule is CC(C)Oc1ccccc1C(NN)c1cccc(Br)c1Cl. The maximum Gasteiger partial charge on any atom is 0.124 e. The molecule has 3 nitrogen and oxygen atoms in total. The van der Waals surface area contributed by atoms with Crippen molar-refractivity contribution in [3.8, 4) is 5.75 Å². The molecule has 0 aliphatic rings. The van der Waals surface area contributed by atoms with E-state index in [1.807, 2.05) is 56.3 Å². The lowest BCUT2D eigenvalue weighted by atomic mass is 9.98. The number of benzene rings is 2. The average molecular weight is 370 g/mol. The molecule has 0 radical (unpaired) electrons. The van der Waals surface area contributed by atoms with Gasteiger partial charge in [0, 0.05) is 10.0 Å². The van der Waals surface area contributed by atoms with Crippen molar-refractivity contribution < 1.29 is 4.74 Å². The van der Waals surface area contributed by atoms with E-state index in [1.54, 1.807) is 0 Å². The number of hydrazine groups is 1. The highest BCUT2D eigenvalue weighted by molar-refractivity contribution is 9.10. The maximum absolute atomic E-state index is 6.39. The van der Waals surface area contributed by atoms with Crippen molar-refractivity contribution in [3.05, 3.63) is 63.1 Å². The summed E-state index contributed by atoms with van der Waals surface area (Å²) in [5, 5.41) is 0.639. The Balaban J connectivity index is 2.49. The molecule has 0 saturated carbocycles. The van der Waals surface area contributed by atoms with Crippen molar-refractivity contribution in [1.82, 2.24) is 5.43 Å². The van der Waals surface area contributed by atoms with Crippen molar-refractivity contribution in [2.24, 2.45) is 5.84 Å². The van der Waals surface area contributed by atoms with Crippen molar-refractivity contribution in [2.75, 3.05) is 0 Å². The summed E-state index contributed by atoms with van der Waals surface area (Å²) in [4.78, 5) is 0. The third-order valence-electron chi connectivity index (χ3n) is 3.05. The lowest BCUT2D eigenvalue weighted by Crippen LogP contribution is -2.29. The molecular formula is C16H18BrClN2O. The molecule has 0 heterocycles. The molecular weight excluding hydrogens is 352 g/mol. The molecule has 5 heteroatoms. The molecule has 112 valence electrons. The van der Waals surface area contributed by atoms with Gasteiger partial charge in [-0.1, -0.05) is 41.9 Å². The van der Waals surface area contributed by atoms with Gasteiger partial charge in [-0.15, -0.1) is 0 Å². The highest BCUT2D eigenvalue weighted by atomic mass is 79.9. The van der Waals surface area contributed by atoms with Gasteiger partial charge in [-0.3, -0.25) is 5.84 Å². The Bertz CT molecular complexity index is 619. The molecule has 0 spiro atoms. The first-order valence-electron chi connectivity index (χ1n) is 6.70. The monoisotopic (exact) mass is 368 g/mol. The van der Waals surface area contributed by atoms with E-state index in [4.69, 9.17) is 22.2 Å². The van der Waals surface area contributed by atoms with Crippen LogP contribution in [0.5, 0.6) is 5.75 Å². The van der Waals surface area contributed by atoms with Crippen LogP contribution in [0.1, 0.15) is 31.0 Å². The normalized spacial score (nSPS) is 12.5. The highest BCUT2D eigenvalue weighted by Gasteiger charge is 2.20. The van der Waals surface area contributed by atoms with Gasteiger partial charge >= 0.3 is 0 Å². The lowest BCUT2D eigenvalue weighted by molar-refractivity contribution is 0.238. The molecule has 0 aliphatic heterocycles. The minimum Gasteiger partial charge on any atom is -0.491 e. The lowest BCUT2D eigenvalue weighted by Gasteiger charge is -2.22. The molecule has 0 aliphatic carbocycles. The van der Waals surface area contributed by atoms with E-state index in [0.29, 0.717) is 5.02 Å². The summed E-state index contributed by atoms with van der Waals surface area (Å²) in [5.41, 5.74) is 4.68. The number of para-hydroxylation sites is 1. The Morgan fingerprint density at radius 2 is 1.76 bits per heavy atom. The Hall–Kier alpha value is -1.07. The zero-order valence-electron chi connectivity index (χ0n) is 11.9. The summed E-state index contributed by atoms with van der Waals surface area (Å²) < 4.78 is 6.71. The summed E-state index contributed by atoms with van der Waals surface area (Å²) in [6.45, 7) is 3.99. The first-order chi connectivity index (χ1) is 10.0. The van der Waals surface area contributed by atoms with Crippen LogP contribution in [0.2, 0.25) is 5.02 Å². The zero-order chi connectivity index (χ0) is 15.4. The summed E-state index contributed by atoms with van der Waals surface area (Å²) in [6, 6.07) is 13.4. The molecule has 2 aromatic rings. The summed E-state index contributed by atoms with van der Waals surface area (Å²) in [6.07, 6.45) is 0.0857. The summed E-state index contributed by atoms with van der Waals surface area (Å²) >= 11 is 9.83. The number of halogens is 2. The first-order valence-corrected chi connectivity index (χ1v) is 7.87. The van der Waals surface area contributed by atoms with Gasteiger partial charge in [0.1, 0.15) is 5.75 Å². The van der Waals surface area contributed by atoms with Crippen LogP contribution in [0.4, 0.5) is 0 Å². The maximum atomic E-state index is 6.39. The topological polar surface area (TPSA) is 47.3 Å². The second-order valence-corrected chi connectivity index (χ2v) is 6.18. The van der Waals surface area contributed by atoms with Crippen molar-refractivity contribution in [1.29, 1.82) is 0 Å². The van der Waals surface area contributed by atoms with Gasteiger partial charge in [0.2, 0.25) is 0 Å². The van der Waals surface area contributed by atoms with E-state index in [9.17, 15) is 0 Å². The van der Waals surface area contributed by atoms with Crippen LogP contribution < -0.4 is 16.0 Å². The fourth-order valence-corrected chi connectivity index (χ4v) is 2.79. The fraction of sp³-hybridized carbons (Fsp3) is 0.250. The van der Waals surface area contributed by atoms with Gasteiger partial charge in [0.05, 0.1) is 17.2 Å². The van der Waals surface area contributed by atoms with Gasteiger partial charge in [-0.05, 0) is 47.5 Å². The van der Waals surface area contributed by atoms with Crippen molar-refractivity contribution in [2.45, 2.75) is 26.0 Å². The average Bonchev–Trinajstić information content (AvgIpc) is 2.45. The third kappa shape index (κ3) is 3.77. The molecule has 0 fully saturated rings. The van der Waals surface area contributed by atoms with Gasteiger partial charge in [-0.2, -0.15) is 0 Å². The Kier molecular flexibility index (Phi) is 5.65. The van der Waals surface area contributed by atoms with E-state index in [0.717, 1.165) is 21.3 Å². The van der Waals surface area contributed by atoms with E-state index >= 15 is 0 Å². The highest BCUT2D eigenvalue weighted by Crippen LogP contribution is 2.36. The van der Waals surface area contributed by atoms with Crippen LogP contribution in [0, 0.1) is 0 Å². The minimum absolute atomic E-state index is 0.0857. The number of ether oxygens (including phenoxy) is 1. The van der Waals surface area contributed by atoms with E-state index < -0.39 is 0 Å². The van der Waals surface area contributed by atoms with E-state index in [-0.39, 0.29) is 12.1 Å². The minimum atomic E-state index is -0.245. The number of rotatable bonds is 5. The smallest absolute Gasteiger partial charge is 0.124 e. The van der Waals surface area contributed by atoms with Crippen LogP contribution >= 0.6 is 27.5 Å². The molecule has 0 amide bonds. The Labute approximate surface area is 138 Å². The number of hydrogen-bond acceptors (Lipinski definition) is 3. The number of nitrogens with one attached hydrogen (secondary N) is 1. The van der Waals surface area contributed by atoms with Crippen LogP contribution in [0.25, 0.3) is 0 Å². The molecule has 0 bridgehead atoms. The molecule has 21 heavy (non-hydrogen) atoms. The molecule has 0 saturated heterocycles. The third-order valence-corrected chi connectivity index (χ3v) is 4.36. The van der Waals surface area contributed by atoms with Gasteiger partial charge in [-0.25, -0.2) is 5.43 Å². The van der Waals surface area contributed by atoms with Crippen molar-refractivity contribution >= 4 is 27.5 Å². The Morgan fingerprint density at radius 3 is 2.43 bits per heavy atom. The molecule has 1 unspecified atom stereocenters. The van der Waals surface area contributed by atoms with Gasteiger partial charge in [0.15, 0.2) is 0 Å². The fourth-order valence-electron chi connectivity index (χ4n) is 2.17. The molecule has 2 aromatic carbocycles. The first kappa shape index (κ1) is 16.3. The molecule has 3 N–H and O–H groups in total. The Morgan fingerprint density at radius 1 is 1.10 bits per heavy atom. The van der Waals surface area contributed by atoms with E-state index in [2.05, 4.69) is 21.4 Å². The quantitative estimate of drug-likeness (QED) is 0.605. The molecule has 2 rings (SSSR count). The zero-order valence-corrected chi connectivity index (χ0v) is 14.3. The standard InChI is InChI=1S/C16H18BrClN2O/c1-10(2)21-14-9-4-3-6-11(14)16(20-19)12-7-5-8-13(17)15(12)18/h3-10,16,20H,19H2,1-2H3. The summed E-state index contributed by atoms with van der Waals surface area (Å²) in [7, 11) is 0.